The van der Waals surface area contributed by atoms with Crippen LogP contribution in [0.15, 0.2) is 36.4 Å². The summed E-state index contributed by atoms with van der Waals surface area (Å²) in [5.74, 6) is 2.38. The van der Waals surface area contributed by atoms with Gasteiger partial charge in [0.1, 0.15) is 18.2 Å². The molecule has 0 aromatic heterocycles. The Morgan fingerprint density at radius 2 is 1.50 bits per heavy atom. The van der Waals surface area contributed by atoms with Gasteiger partial charge in [-0.05, 0) is 30.3 Å². The van der Waals surface area contributed by atoms with E-state index in [1.807, 2.05) is 0 Å². The first-order valence-corrected chi connectivity index (χ1v) is 9.17. The van der Waals surface area contributed by atoms with Crippen molar-refractivity contribution in [2.24, 2.45) is 0 Å². The molecule has 2 aromatic carbocycles. The molecule has 0 spiro atoms. The first kappa shape index (κ1) is 16.2. The summed E-state index contributed by atoms with van der Waals surface area (Å²) < 4.78 is 13.7. The Morgan fingerprint density at radius 3 is 2.17 bits per heavy atom. The van der Waals surface area contributed by atoms with Crippen molar-refractivity contribution in [1.29, 1.82) is 0 Å². The molecule has 5 heteroatoms. The van der Waals surface area contributed by atoms with Crippen LogP contribution >= 0.6 is 22.9 Å². The zero-order chi connectivity index (χ0) is 16.7. The number of halogens is 1. The molecule has 24 heavy (non-hydrogen) atoms. The van der Waals surface area contributed by atoms with Gasteiger partial charge < -0.3 is 9.47 Å². The average molecular weight is 436 g/mol. The molecule has 2 aromatic rings. The highest BCUT2D eigenvalue weighted by molar-refractivity contribution is 14.1. The topological polar surface area (TPSA) is 24.9 Å². The van der Waals surface area contributed by atoms with E-state index in [2.05, 4.69) is 81.2 Å². The molecule has 4 rings (SSSR count). The van der Waals surface area contributed by atoms with Gasteiger partial charge in [-0.25, -0.2) is 3.11 Å². The second-order valence-corrected chi connectivity index (χ2v) is 8.00. The van der Waals surface area contributed by atoms with Crippen molar-refractivity contribution in [3.63, 3.8) is 0 Å². The van der Waals surface area contributed by atoms with E-state index in [-0.39, 0.29) is 0 Å². The molecular weight excluding hydrogens is 415 g/mol. The van der Waals surface area contributed by atoms with Crippen LogP contribution in [0.2, 0.25) is 0 Å². The van der Waals surface area contributed by atoms with Crippen molar-refractivity contribution in [3.8, 4) is 11.5 Å². The second kappa shape index (κ2) is 6.54. The van der Waals surface area contributed by atoms with Crippen LogP contribution in [0, 0.1) is 0 Å². The van der Waals surface area contributed by atoms with E-state index in [0.29, 0.717) is 19.4 Å². The van der Waals surface area contributed by atoms with E-state index in [1.54, 1.807) is 0 Å². The Labute approximate surface area is 156 Å². The summed E-state index contributed by atoms with van der Waals surface area (Å²) in [6, 6.07) is 13.2. The fourth-order valence-corrected chi connectivity index (χ4v) is 3.85. The lowest BCUT2D eigenvalue weighted by atomic mass is 9.90. The van der Waals surface area contributed by atoms with Gasteiger partial charge in [-0.3, -0.25) is 4.90 Å². The maximum atomic E-state index is 5.77. The molecule has 0 N–H and O–H groups in total. The number of benzene rings is 2. The monoisotopic (exact) mass is 436 g/mol. The maximum Gasteiger partial charge on any atom is 0.150 e. The zero-order valence-corrected chi connectivity index (χ0v) is 16.1. The fourth-order valence-electron chi connectivity index (χ4n) is 3.34. The summed E-state index contributed by atoms with van der Waals surface area (Å²) in [7, 11) is 2.08. The van der Waals surface area contributed by atoms with Gasteiger partial charge in [0.2, 0.25) is 0 Å². The largest absolute Gasteiger partial charge is 0.478 e. The van der Waals surface area contributed by atoms with Gasteiger partial charge in [0, 0.05) is 53.0 Å². The molecule has 4 nitrogen and oxygen atoms in total. The minimum atomic E-state index is 0.345. The van der Waals surface area contributed by atoms with E-state index in [0.717, 1.165) is 24.6 Å². The molecule has 126 valence electrons. The first-order chi connectivity index (χ1) is 11.6. The van der Waals surface area contributed by atoms with Crippen molar-refractivity contribution < 1.29 is 9.47 Å². The Bertz CT molecular complexity index is 702. The highest BCUT2D eigenvalue weighted by Crippen LogP contribution is 2.34. The summed E-state index contributed by atoms with van der Waals surface area (Å²) >= 11 is 2.31. The van der Waals surface area contributed by atoms with E-state index >= 15 is 0 Å². The van der Waals surface area contributed by atoms with Gasteiger partial charge in [-0.1, -0.05) is 31.2 Å². The number of nitrogens with zero attached hydrogens (tertiary/aromatic N) is 2. The molecule has 0 bridgehead atoms. The zero-order valence-electron chi connectivity index (χ0n) is 14.0. The Balaban J connectivity index is 1.63. The van der Waals surface area contributed by atoms with Gasteiger partial charge in [-0.2, -0.15) is 0 Å². The Hall–Kier alpha value is -1.31. The van der Waals surface area contributed by atoms with Gasteiger partial charge in [0.25, 0.3) is 0 Å². The van der Waals surface area contributed by atoms with Crippen LogP contribution in [0.5, 0.6) is 11.5 Å². The summed E-state index contributed by atoms with van der Waals surface area (Å²) in [4.78, 5) is 2.18. The normalized spacial score (nSPS) is 19.0. The molecule has 0 amide bonds. The average Bonchev–Trinajstić information content (AvgIpc) is 2.59. The molecule has 1 unspecified atom stereocenters. The lowest BCUT2D eigenvalue weighted by Gasteiger charge is -2.27. The van der Waals surface area contributed by atoms with Crippen LogP contribution in [-0.2, 0) is 13.1 Å². The van der Waals surface area contributed by atoms with E-state index < -0.39 is 0 Å². The molecular formula is C19H21IN2O2. The standard InChI is InChI=1S/C19H21IN2O2/c1-13(14-3-5-18-16(7-14)9-21(2)11-23-18)15-4-6-19-17(8-15)10-22(20)12-24-19/h3-8,13H,9-12H2,1-2H3. The number of rotatable bonds is 2. The lowest BCUT2D eigenvalue weighted by Crippen LogP contribution is -2.28. The SMILES string of the molecule is CC(c1ccc2c(c1)CN(C)CO2)c1ccc2c(c1)CN(I)CO2. The number of hydrogen-bond donors (Lipinski definition) is 0. The molecule has 0 fully saturated rings. The number of fused-ring (bicyclic) bond motifs is 2. The predicted molar refractivity (Wildman–Crippen MR) is 102 cm³/mol. The number of hydrogen-bond acceptors (Lipinski definition) is 4. The van der Waals surface area contributed by atoms with Crippen LogP contribution in [0.1, 0.15) is 35.1 Å². The summed E-state index contributed by atoms with van der Waals surface area (Å²) in [6.07, 6.45) is 0. The first-order valence-electron chi connectivity index (χ1n) is 8.20. The molecule has 2 heterocycles. The van der Waals surface area contributed by atoms with Crippen molar-refractivity contribution >= 4 is 22.9 Å². The summed E-state index contributed by atoms with van der Waals surface area (Å²) in [6.45, 7) is 5.46. The van der Waals surface area contributed by atoms with Gasteiger partial charge in [0.15, 0.2) is 6.73 Å². The van der Waals surface area contributed by atoms with Crippen LogP contribution in [0.4, 0.5) is 0 Å². The second-order valence-electron chi connectivity index (χ2n) is 6.64. The highest BCUT2D eigenvalue weighted by atomic mass is 127. The predicted octanol–water partition coefficient (Wildman–Crippen LogP) is 4.12. The van der Waals surface area contributed by atoms with E-state index in [9.17, 15) is 0 Å². The van der Waals surface area contributed by atoms with Crippen molar-refractivity contribution in [2.75, 3.05) is 20.5 Å². The fraction of sp³-hybridized carbons (Fsp3) is 0.368. The summed E-state index contributed by atoms with van der Waals surface area (Å²) in [5.41, 5.74) is 5.19. The van der Waals surface area contributed by atoms with Crippen molar-refractivity contribution in [1.82, 2.24) is 8.01 Å². The van der Waals surface area contributed by atoms with Crippen LogP contribution in [0.3, 0.4) is 0 Å². The molecule has 1 atom stereocenters. The molecule has 2 aliphatic heterocycles. The molecule has 0 saturated heterocycles. The molecule has 0 aliphatic carbocycles. The quantitative estimate of drug-likeness (QED) is 0.523. The highest BCUT2D eigenvalue weighted by Gasteiger charge is 2.20. The minimum Gasteiger partial charge on any atom is -0.478 e. The third kappa shape index (κ3) is 3.12. The smallest absolute Gasteiger partial charge is 0.150 e. The maximum absolute atomic E-state index is 5.77. The Kier molecular flexibility index (Phi) is 4.40. The lowest BCUT2D eigenvalue weighted by molar-refractivity contribution is 0.121. The van der Waals surface area contributed by atoms with Crippen molar-refractivity contribution in [2.45, 2.75) is 25.9 Å². The van der Waals surface area contributed by atoms with Crippen molar-refractivity contribution in [3.05, 3.63) is 58.7 Å². The van der Waals surface area contributed by atoms with Gasteiger partial charge in [0.05, 0.1) is 0 Å². The van der Waals surface area contributed by atoms with Crippen LogP contribution in [-0.4, -0.2) is 28.5 Å². The minimum absolute atomic E-state index is 0.345. The van der Waals surface area contributed by atoms with Crippen LogP contribution in [0.25, 0.3) is 0 Å². The molecule has 0 radical (unpaired) electrons. The third-order valence-electron chi connectivity index (χ3n) is 4.75. The summed E-state index contributed by atoms with van der Waals surface area (Å²) in [5, 5.41) is 0. The van der Waals surface area contributed by atoms with E-state index in [4.69, 9.17) is 9.47 Å². The third-order valence-corrected chi connectivity index (χ3v) is 5.37. The van der Waals surface area contributed by atoms with Gasteiger partial charge >= 0.3 is 0 Å². The van der Waals surface area contributed by atoms with E-state index in [1.165, 1.54) is 22.3 Å². The molecule has 2 aliphatic rings. The van der Waals surface area contributed by atoms with Crippen LogP contribution < -0.4 is 9.47 Å². The number of ether oxygens (including phenoxy) is 2. The molecule has 0 saturated carbocycles. The Morgan fingerprint density at radius 1 is 0.917 bits per heavy atom. The van der Waals surface area contributed by atoms with Gasteiger partial charge in [-0.15, -0.1) is 0 Å².